The number of benzene rings is 2. The predicted octanol–water partition coefficient (Wildman–Crippen LogP) is 4.16. The Bertz CT molecular complexity index is 712. The van der Waals surface area contributed by atoms with Gasteiger partial charge in [-0.3, -0.25) is 4.79 Å². The van der Waals surface area contributed by atoms with E-state index in [1.165, 1.54) is 0 Å². The van der Waals surface area contributed by atoms with E-state index in [1.807, 2.05) is 73.7 Å². The number of hydrogen-bond acceptors (Lipinski definition) is 2. The number of furan rings is 1. The van der Waals surface area contributed by atoms with Crippen LogP contribution in [0.3, 0.4) is 0 Å². The maximum atomic E-state index is 12.9. The zero-order chi connectivity index (χ0) is 16.8. The molecule has 0 saturated carbocycles. The molecule has 0 aliphatic heterocycles. The summed E-state index contributed by atoms with van der Waals surface area (Å²) in [6, 6.07) is 21.7. The van der Waals surface area contributed by atoms with E-state index in [0.29, 0.717) is 0 Å². The first kappa shape index (κ1) is 16.1. The molecule has 1 amide bonds. The van der Waals surface area contributed by atoms with Crippen LogP contribution >= 0.6 is 0 Å². The number of rotatable bonds is 6. The normalized spacial score (nSPS) is 12.1. The Labute approximate surface area is 142 Å². The maximum absolute atomic E-state index is 12.9. The van der Waals surface area contributed by atoms with Crippen LogP contribution in [0.4, 0.5) is 0 Å². The lowest BCUT2D eigenvalue weighted by molar-refractivity contribution is -0.122. The molecule has 1 atom stereocenters. The van der Waals surface area contributed by atoms with Crippen molar-refractivity contribution in [2.45, 2.75) is 25.3 Å². The molecule has 0 aliphatic rings. The molecule has 3 heteroatoms. The van der Waals surface area contributed by atoms with Gasteiger partial charge in [0.1, 0.15) is 0 Å². The van der Waals surface area contributed by atoms with Gasteiger partial charge < -0.3 is 9.73 Å². The summed E-state index contributed by atoms with van der Waals surface area (Å²) in [5.41, 5.74) is 3.08. The fraction of sp³-hybridized carbons (Fsp3) is 0.190. The van der Waals surface area contributed by atoms with Gasteiger partial charge in [0.25, 0.3) is 0 Å². The molecule has 24 heavy (non-hydrogen) atoms. The molecule has 0 unspecified atom stereocenters. The van der Waals surface area contributed by atoms with Crippen molar-refractivity contribution >= 4 is 5.91 Å². The third-order valence-corrected chi connectivity index (χ3v) is 4.04. The van der Waals surface area contributed by atoms with Crippen molar-refractivity contribution in [3.8, 4) is 0 Å². The Balaban J connectivity index is 1.79. The third kappa shape index (κ3) is 3.93. The van der Waals surface area contributed by atoms with E-state index in [0.717, 1.165) is 23.1 Å². The van der Waals surface area contributed by atoms with Crippen LogP contribution in [0.15, 0.2) is 83.7 Å². The van der Waals surface area contributed by atoms with E-state index in [1.54, 1.807) is 12.5 Å². The molecule has 3 aromatic rings. The van der Waals surface area contributed by atoms with Gasteiger partial charge >= 0.3 is 0 Å². The van der Waals surface area contributed by atoms with Gasteiger partial charge in [-0.2, -0.15) is 0 Å². The van der Waals surface area contributed by atoms with Crippen LogP contribution in [0.1, 0.15) is 29.5 Å². The smallest absolute Gasteiger partial charge is 0.232 e. The van der Waals surface area contributed by atoms with Gasteiger partial charge in [0.2, 0.25) is 5.91 Å². The minimum Gasteiger partial charge on any atom is -0.472 e. The van der Waals surface area contributed by atoms with E-state index in [2.05, 4.69) is 5.32 Å². The van der Waals surface area contributed by atoms with Gasteiger partial charge in [-0.25, -0.2) is 0 Å². The fourth-order valence-corrected chi connectivity index (χ4v) is 2.93. The molecule has 0 saturated heterocycles. The highest BCUT2D eigenvalue weighted by atomic mass is 16.3. The molecule has 3 nitrogen and oxygen atoms in total. The Morgan fingerprint density at radius 2 is 1.54 bits per heavy atom. The lowest BCUT2D eigenvalue weighted by atomic mass is 9.90. The Morgan fingerprint density at radius 3 is 2.04 bits per heavy atom. The number of amides is 1. The molecule has 1 aromatic heterocycles. The van der Waals surface area contributed by atoms with Crippen molar-refractivity contribution in [3.63, 3.8) is 0 Å². The van der Waals surface area contributed by atoms with E-state index in [9.17, 15) is 4.79 Å². The van der Waals surface area contributed by atoms with E-state index < -0.39 is 0 Å². The molecule has 2 aromatic carbocycles. The minimum atomic E-state index is -0.306. The number of nitrogens with one attached hydrogen (secondary N) is 1. The first-order valence-corrected chi connectivity index (χ1v) is 8.15. The summed E-state index contributed by atoms with van der Waals surface area (Å²) in [5.74, 6) is -0.289. The summed E-state index contributed by atoms with van der Waals surface area (Å²) >= 11 is 0. The van der Waals surface area contributed by atoms with E-state index in [4.69, 9.17) is 4.42 Å². The zero-order valence-corrected chi connectivity index (χ0v) is 13.7. The molecule has 0 bridgehead atoms. The van der Waals surface area contributed by atoms with Gasteiger partial charge in [-0.05, 0) is 36.1 Å². The van der Waals surface area contributed by atoms with E-state index in [-0.39, 0.29) is 17.9 Å². The van der Waals surface area contributed by atoms with Gasteiger partial charge in [-0.1, -0.05) is 60.7 Å². The van der Waals surface area contributed by atoms with Crippen LogP contribution in [0, 0.1) is 0 Å². The van der Waals surface area contributed by atoms with Crippen LogP contribution in [0.2, 0.25) is 0 Å². The van der Waals surface area contributed by atoms with Crippen molar-refractivity contribution in [3.05, 3.63) is 95.9 Å². The first-order valence-electron chi connectivity index (χ1n) is 8.15. The molecule has 1 heterocycles. The van der Waals surface area contributed by atoms with Gasteiger partial charge in [-0.15, -0.1) is 0 Å². The standard InChI is InChI=1S/C21H21NO2/c1-16(14-17-12-13-24-15-17)22-21(23)20(18-8-4-2-5-9-18)19-10-6-3-7-11-19/h2-13,15-16,20H,14H2,1H3,(H,22,23)/t16-/m0/s1. The van der Waals surface area contributed by atoms with E-state index >= 15 is 0 Å². The Morgan fingerprint density at radius 1 is 0.958 bits per heavy atom. The lowest BCUT2D eigenvalue weighted by Gasteiger charge is -2.21. The zero-order valence-electron chi connectivity index (χ0n) is 13.7. The van der Waals surface area contributed by atoms with Crippen LogP contribution in [-0.4, -0.2) is 11.9 Å². The summed E-state index contributed by atoms with van der Waals surface area (Å²) < 4.78 is 5.09. The minimum absolute atomic E-state index is 0.0170. The average Bonchev–Trinajstić information content (AvgIpc) is 3.10. The highest BCUT2D eigenvalue weighted by Crippen LogP contribution is 2.25. The monoisotopic (exact) mass is 319 g/mol. The van der Waals surface area contributed by atoms with Crippen LogP contribution in [-0.2, 0) is 11.2 Å². The highest BCUT2D eigenvalue weighted by molar-refractivity contribution is 5.87. The van der Waals surface area contributed by atoms with Crippen molar-refractivity contribution in [1.29, 1.82) is 0 Å². The van der Waals surface area contributed by atoms with Crippen LogP contribution in [0.5, 0.6) is 0 Å². The quantitative estimate of drug-likeness (QED) is 0.741. The van der Waals surface area contributed by atoms with Crippen molar-refractivity contribution < 1.29 is 9.21 Å². The topological polar surface area (TPSA) is 42.2 Å². The molecule has 3 rings (SSSR count). The molecule has 0 fully saturated rings. The second-order valence-corrected chi connectivity index (χ2v) is 6.00. The van der Waals surface area contributed by atoms with Crippen LogP contribution < -0.4 is 5.32 Å². The Kier molecular flexibility index (Phi) is 5.12. The highest BCUT2D eigenvalue weighted by Gasteiger charge is 2.23. The SMILES string of the molecule is C[C@@H](Cc1ccoc1)NC(=O)C(c1ccccc1)c1ccccc1. The molecule has 0 spiro atoms. The number of hydrogen-bond donors (Lipinski definition) is 1. The molecular weight excluding hydrogens is 298 g/mol. The largest absolute Gasteiger partial charge is 0.472 e. The second-order valence-electron chi connectivity index (χ2n) is 6.00. The molecule has 1 N–H and O–H groups in total. The predicted molar refractivity (Wildman–Crippen MR) is 94.7 cm³/mol. The molecule has 122 valence electrons. The number of carbonyl (C=O) groups is 1. The maximum Gasteiger partial charge on any atom is 0.232 e. The fourth-order valence-electron chi connectivity index (χ4n) is 2.93. The van der Waals surface area contributed by atoms with Gasteiger partial charge in [0.15, 0.2) is 0 Å². The summed E-state index contributed by atoms with van der Waals surface area (Å²) in [6.07, 6.45) is 4.12. The van der Waals surface area contributed by atoms with Crippen molar-refractivity contribution in [1.82, 2.24) is 5.32 Å². The van der Waals surface area contributed by atoms with Gasteiger partial charge in [0, 0.05) is 6.04 Å². The molecule has 0 radical (unpaired) electrons. The number of carbonyl (C=O) groups excluding carboxylic acids is 1. The van der Waals surface area contributed by atoms with Crippen molar-refractivity contribution in [2.75, 3.05) is 0 Å². The summed E-state index contributed by atoms with van der Waals surface area (Å²) in [4.78, 5) is 12.9. The average molecular weight is 319 g/mol. The van der Waals surface area contributed by atoms with Crippen LogP contribution in [0.25, 0.3) is 0 Å². The van der Waals surface area contributed by atoms with Crippen molar-refractivity contribution in [2.24, 2.45) is 0 Å². The Hall–Kier alpha value is -2.81. The summed E-state index contributed by atoms with van der Waals surface area (Å²) in [7, 11) is 0. The second kappa shape index (κ2) is 7.64. The summed E-state index contributed by atoms with van der Waals surface area (Å²) in [6.45, 7) is 2.01. The van der Waals surface area contributed by atoms with Gasteiger partial charge in [0.05, 0.1) is 18.4 Å². The molecule has 0 aliphatic carbocycles. The molecular formula is C21H21NO2. The third-order valence-electron chi connectivity index (χ3n) is 4.04. The lowest BCUT2D eigenvalue weighted by Crippen LogP contribution is -2.37. The first-order chi connectivity index (χ1) is 11.7. The summed E-state index contributed by atoms with van der Waals surface area (Å²) in [5, 5.41) is 3.13.